The van der Waals surface area contributed by atoms with Crippen molar-refractivity contribution in [3.63, 3.8) is 0 Å². The van der Waals surface area contributed by atoms with Crippen LogP contribution in [0.4, 0.5) is 0 Å². The lowest BCUT2D eigenvalue weighted by atomic mass is 10.1. The molecule has 19 heavy (non-hydrogen) atoms. The number of hydrogen-bond acceptors (Lipinski definition) is 3. The highest BCUT2D eigenvalue weighted by atomic mass is 79.9. The molecule has 0 saturated carbocycles. The largest absolute Gasteiger partial charge is 0.311 e. The molecule has 0 aliphatic rings. The average Bonchev–Trinajstić information content (AvgIpc) is 2.46. The van der Waals surface area contributed by atoms with Crippen LogP contribution < -0.4 is 5.32 Å². The van der Waals surface area contributed by atoms with Gasteiger partial charge in [0.1, 0.15) is 0 Å². The zero-order chi connectivity index (χ0) is 13.7. The molecular weight excluding hydrogens is 302 g/mol. The SMILES string of the molecule is CCc1ccc(CC(NC)c2ccc(Br)cn2)nc1. The molecular formula is C15H18BrN3. The van der Waals surface area contributed by atoms with Crippen molar-refractivity contribution in [1.82, 2.24) is 15.3 Å². The molecule has 2 aromatic rings. The minimum absolute atomic E-state index is 0.188. The van der Waals surface area contributed by atoms with Crippen molar-refractivity contribution >= 4 is 15.9 Å². The van der Waals surface area contributed by atoms with Crippen LogP contribution in [-0.4, -0.2) is 17.0 Å². The predicted molar refractivity (Wildman–Crippen MR) is 81.1 cm³/mol. The average molecular weight is 320 g/mol. The van der Waals surface area contributed by atoms with E-state index in [4.69, 9.17) is 0 Å². The van der Waals surface area contributed by atoms with Crippen LogP contribution in [0.3, 0.4) is 0 Å². The van der Waals surface area contributed by atoms with Gasteiger partial charge in [-0.3, -0.25) is 9.97 Å². The number of nitrogens with zero attached hydrogens (tertiary/aromatic N) is 2. The highest BCUT2D eigenvalue weighted by Crippen LogP contribution is 2.17. The molecule has 100 valence electrons. The Kier molecular flexibility index (Phi) is 5.05. The lowest BCUT2D eigenvalue weighted by molar-refractivity contribution is 0.568. The van der Waals surface area contributed by atoms with Crippen molar-refractivity contribution in [2.24, 2.45) is 0 Å². The van der Waals surface area contributed by atoms with E-state index in [9.17, 15) is 0 Å². The molecule has 0 fully saturated rings. The fourth-order valence-electron chi connectivity index (χ4n) is 1.94. The Bertz CT molecular complexity index is 508. The Morgan fingerprint density at radius 2 is 2.00 bits per heavy atom. The molecule has 0 spiro atoms. The van der Waals surface area contributed by atoms with Crippen molar-refractivity contribution in [2.45, 2.75) is 25.8 Å². The summed E-state index contributed by atoms with van der Waals surface area (Å²) in [4.78, 5) is 8.95. The molecule has 4 heteroatoms. The summed E-state index contributed by atoms with van der Waals surface area (Å²) in [6, 6.07) is 8.48. The van der Waals surface area contributed by atoms with Crippen molar-refractivity contribution in [3.8, 4) is 0 Å². The summed E-state index contributed by atoms with van der Waals surface area (Å²) >= 11 is 3.40. The van der Waals surface area contributed by atoms with Crippen molar-refractivity contribution in [1.29, 1.82) is 0 Å². The maximum absolute atomic E-state index is 4.50. The molecule has 2 rings (SSSR count). The molecule has 0 aliphatic heterocycles. The Hall–Kier alpha value is -1.26. The fourth-order valence-corrected chi connectivity index (χ4v) is 2.18. The van der Waals surface area contributed by atoms with Crippen molar-refractivity contribution in [2.75, 3.05) is 7.05 Å². The maximum Gasteiger partial charge on any atom is 0.0577 e. The Balaban J connectivity index is 2.11. The molecule has 0 aliphatic carbocycles. The normalized spacial score (nSPS) is 12.4. The quantitative estimate of drug-likeness (QED) is 0.918. The predicted octanol–water partition coefficient (Wildman–Crippen LogP) is 3.30. The van der Waals surface area contributed by atoms with Gasteiger partial charge in [-0.25, -0.2) is 0 Å². The first-order valence-electron chi connectivity index (χ1n) is 6.45. The van der Waals surface area contributed by atoms with E-state index in [0.29, 0.717) is 0 Å². The summed E-state index contributed by atoms with van der Waals surface area (Å²) in [5.74, 6) is 0. The molecule has 1 unspecified atom stereocenters. The van der Waals surface area contributed by atoms with E-state index >= 15 is 0 Å². The topological polar surface area (TPSA) is 37.8 Å². The van der Waals surface area contributed by atoms with Gasteiger partial charge in [-0.1, -0.05) is 13.0 Å². The minimum atomic E-state index is 0.188. The molecule has 0 bridgehead atoms. The number of nitrogens with one attached hydrogen (secondary N) is 1. The summed E-state index contributed by atoms with van der Waals surface area (Å²) in [5, 5.41) is 3.30. The summed E-state index contributed by atoms with van der Waals surface area (Å²) < 4.78 is 0.997. The van der Waals surface area contributed by atoms with Gasteiger partial charge in [0, 0.05) is 29.0 Å². The highest BCUT2D eigenvalue weighted by Gasteiger charge is 2.12. The third-order valence-corrected chi connectivity index (χ3v) is 3.63. The van der Waals surface area contributed by atoms with E-state index in [0.717, 1.165) is 28.7 Å². The molecule has 2 aromatic heterocycles. The van der Waals surface area contributed by atoms with Gasteiger partial charge in [0.25, 0.3) is 0 Å². The van der Waals surface area contributed by atoms with Crippen LogP contribution in [-0.2, 0) is 12.8 Å². The number of hydrogen-bond donors (Lipinski definition) is 1. The van der Waals surface area contributed by atoms with E-state index in [2.05, 4.69) is 50.3 Å². The molecule has 2 heterocycles. The first kappa shape index (κ1) is 14.2. The van der Waals surface area contributed by atoms with E-state index in [1.807, 2.05) is 31.6 Å². The number of aromatic nitrogens is 2. The summed E-state index contributed by atoms with van der Waals surface area (Å²) in [6.07, 6.45) is 5.65. The fraction of sp³-hybridized carbons (Fsp3) is 0.333. The summed E-state index contributed by atoms with van der Waals surface area (Å²) in [7, 11) is 1.95. The second-order valence-corrected chi connectivity index (χ2v) is 5.37. The van der Waals surface area contributed by atoms with Crippen LogP contribution in [0.2, 0.25) is 0 Å². The lowest BCUT2D eigenvalue weighted by Crippen LogP contribution is -2.20. The third-order valence-electron chi connectivity index (χ3n) is 3.16. The number of aryl methyl sites for hydroxylation is 1. The summed E-state index contributed by atoms with van der Waals surface area (Å²) in [6.45, 7) is 2.14. The second kappa shape index (κ2) is 6.78. The minimum Gasteiger partial charge on any atom is -0.311 e. The van der Waals surface area contributed by atoms with E-state index in [1.165, 1.54) is 5.56 Å². The smallest absolute Gasteiger partial charge is 0.0577 e. The van der Waals surface area contributed by atoms with Crippen LogP contribution in [0.15, 0.2) is 41.1 Å². The maximum atomic E-state index is 4.50. The van der Waals surface area contributed by atoms with Crippen LogP contribution in [0, 0.1) is 0 Å². The van der Waals surface area contributed by atoms with Crippen molar-refractivity contribution < 1.29 is 0 Å². The molecule has 0 radical (unpaired) electrons. The molecule has 0 aromatic carbocycles. The Labute approximate surface area is 122 Å². The third kappa shape index (κ3) is 3.85. The van der Waals surface area contributed by atoms with Gasteiger partial charge in [0.05, 0.1) is 11.7 Å². The lowest BCUT2D eigenvalue weighted by Gasteiger charge is -2.15. The number of likely N-dealkylation sites (N-methyl/N-ethyl adjacent to an activating group) is 1. The van der Waals surface area contributed by atoms with Crippen LogP contribution >= 0.6 is 15.9 Å². The zero-order valence-electron chi connectivity index (χ0n) is 11.2. The van der Waals surface area contributed by atoms with Gasteiger partial charge < -0.3 is 5.32 Å². The molecule has 3 nitrogen and oxygen atoms in total. The Morgan fingerprint density at radius 3 is 2.53 bits per heavy atom. The van der Waals surface area contributed by atoms with Gasteiger partial charge in [-0.2, -0.15) is 0 Å². The summed E-state index contributed by atoms with van der Waals surface area (Å²) in [5.41, 5.74) is 3.39. The molecule has 0 amide bonds. The van der Waals surface area contributed by atoms with Crippen LogP contribution in [0.1, 0.15) is 29.9 Å². The highest BCUT2D eigenvalue weighted by molar-refractivity contribution is 9.10. The Morgan fingerprint density at radius 1 is 1.16 bits per heavy atom. The van der Waals surface area contributed by atoms with Crippen molar-refractivity contribution in [3.05, 3.63) is 58.1 Å². The number of rotatable bonds is 5. The van der Waals surface area contributed by atoms with Gasteiger partial charge in [0.15, 0.2) is 0 Å². The van der Waals surface area contributed by atoms with Gasteiger partial charge in [-0.15, -0.1) is 0 Å². The van der Waals surface area contributed by atoms with E-state index in [1.54, 1.807) is 0 Å². The van der Waals surface area contributed by atoms with Gasteiger partial charge in [0.2, 0.25) is 0 Å². The second-order valence-electron chi connectivity index (χ2n) is 4.46. The monoisotopic (exact) mass is 319 g/mol. The van der Waals surface area contributed by atoms with E-state index < -0.39 is 0 Å². The first-order valence-corrected chi connectivity index (χ1v) is 7.24. The van der Waals surface area contributed by atoms with Crippen LogP contribution in [0.5, 0.6) is 0 Å². The van der Waals surface area contributed by atoms with Gasteiger partial charge >= 0.3 is 0 Å². The van der Waals surface area contributed by atoms with E-state index in [-0.39, 0.29) is 6.04 Å². The number of halogens is 1. The van der Waals surface area contributed by atoms with Crippen LogP contribution in [0.25, 0.3) is 0 Å². The van der Waals surface area contributed by atoms with Gasteiger partial charge in [-0.05, 0) is 53.2 Å². The first-order chi connectivity index (χ1) is 9.22. The number of pyridine rings is 2. The standard InChI is InChI=1S/C15H18BrN3/c1-3-11-4-6-13(18-9-11)8-15(17-2)14-7-5-12(16)10-19-14/h4-7,9-10,15,17H,3,8H2,1-2H3. The molecule has 0 saturated heterocycles. The zero-order valence-corrected chi connectivity index (χ0v) is 12.8. The molecule has 1 N–H and O–H groups in total. The molecule has 1 atom stereocenters.